The van der Waals surface area contributed by atoms with Gasteiger partial charge in [0.2, 0.25) is 5.91 Å². The number of nitrogens with zero attached hydrogens (tertiary/aromatic N) is 2. The van der Waals surface area contributed by atoms with Crippen molar-refractivity contribution in [2.45, 2.75) is 6.42 Å². The second-order valence-corrected chi connectivity index (χ2v) is 7.64. The first-order valence-electron chi connectivity index (χ1n) is 8.70. The van der Waals surface area contributed by atoms with Gasteiger partial charge in [-0.2, -0.15) is 0 Å². The summed E-state index contributed by atoms with van der Waals surface area (Å²) in [5, 5.41) is 2.69. The molecule has 2 heterocycles. The highest BCUT2D eigenvalue weighted by molar-refractivity contribution is 8.26. The van der Waals surface area contributed by atoms with Crippen LogP contribution in [-0.4, -0.2) is 46.8 Å². The molecule has 29 heavy (non-hydrogen) atoms. The lowest BCUT2D eigenvalue weighted by Crippen LogP contribution is -2.31. The molecule has 0 spiro atoms. The van der Waals surface area contributed by atoms with Crippen LogP contribution < -0.4 is 14.8 Å². The number of thioether (sulfide) groups is 1. The summed E-state index contributed by atoms with van der Waals surface area (Å²) in [5.41, 5.74) is 0.788. The highest BCUT2D eigenvalue weighted by Crippen LogP contribution is 2.34. The Morgan fingerprint density at radius 1 is 1.24 bits per heavy atom. The van der Waals surface area contributed by atoms with Crippen LogP contribution in [0.4, 0.5) is 5.82 Å². The highest BCUT2D eigenvalue weighted by atomic mass is 32.2. The zero-order chi connectivity index (χ0) is 20.8. The lowest BCUT2D eigenvalue weighted by molar-refractivity contribution is -0.122. The normalized spacial score (nSPS) is 15.0. The van der Waals surface area contributed by atoms with Gasteiger partial charge in [-0.15, -0.1) is 0 Å². The van der Waals surface area contributed by atoms with Crippen LogP contribution >= 0.6 is 24.0 Å². The number of carbonyl (C=O) groups is 2. The van der Waals surface area contributed by atoms with E-state index in [0.29, 0.717) is 26.5 Å². The van der Waals surface area contributed by atoms with Crippen LogP contribution in [0.2, 0.25) is 0 Å². The van der Waals surface area contributed by atoms with E-state index in [0.717, 1.165) is 5.56 Å². The molecule has 2 amide bonds. The second kappa shape index (κ2) is 9.53. The predicted molar refractivity (Wildman–Crippen MR) is 117 cm³/mol. The Morgan fingerprint density at radius 2 is 2.03 bits per heavy atom. The van der Waals surface area contributed by atoms with Gasteiger partial charge in [0.25, 0.3) is 5.91 Å². The quantitative estimate of drug-likeness (QED) is 0.534. The molecule has 9 heteroatoms. The van der Waals surface area contributed by atoms with Crippen molar-refractivity contribution in [3.63, 3.8) is 0 Å². The number of benzene rings is 1. The number of nitrogens with one attached hydrogen (secondary N) is 1. The maximum atomic E-state index is 12.7. The van der Waals surface area contributed by atoms with Crippen molar-refractivity contribution in [2.75, 3.05) is 26.1 Å². The molecule has 0 unspecified atom stereocenters. The van der Waals surface area contributed by atoms with Gasteiger partial charge in [0.15, 0.2) is 11.5 Å². The van der Waals surface area contributed by atoms with Crippen LogP contribution in [0.5, 0.6) is 11.5 Å². The summed E-state index contributed by atoms with van der Waals surface area (Å²) in [6.07, 6.45) is 3.46. The van der Waals surface area contributed by atoms with Crippen LogP contribution in [0, 0.1) is 0 Å². The number of rotatable bonds is 7. The van der Waals surface area contributed by atoms with Crippen molar-refractivity contribution >= 4 is 52.0 Å². The first kappa shape index (κ1) is 20.8. The number of thiocarbonyl (C=S) groups is 1. The second-order valence-electron chi connectivity index (χ2n) is 5.96. The third kappa shape index (κ3) is 5.12. The zero-order valence-electron chi connectivity index (χ0n) is 15.9. The van der Waals surface area contributed by atoms with Gasteiger partial charge in [-0.1, -0.05) is 36.1 Å². The van der Waals surface area contributed by atoms with Crippen molar-refractivity contribution in [3.05, 3.63) is 53.1 Å². The number of amides is 2. The fourth-order valence-corrected chi connectivity index (χ4v) is 3.95. The topological polar surface area (TPSA) is 80.8 Å². The maximum absolute atomic E-state index is 12.7. The molecule has 1 aliphatic heterocycles. The molecule has 1 N–H and O–H groups in total. The Bertz CT molecular complexity index is 963. The number of ether oxygens (including phenoxy) is 2. The summed E-state index contributed by atoms with van der Waals surface area (Å²) >= 11 is 6.53. The van der Waals surface area contributed by atoms with Crippen molar-refractivity contribution in [1.29, 1.82) is 0 Å². The molecule has 3 rings (SSSR count). The predicted octanol–water partition coefficient (Wildman–Crippen LogP) is 3.33. The Labute approximate surface area is 178 Å². The van der Waals surface area contributed by atoms with Gasteiger partial charge in [0.05, 0.1) is 19.1 Å². The minimum atomic E-state index is -0.235. The van der Waals surface area contributed by atoms with Crippen molar-refractivity contribution in [2.24, 2.45) is 0 Å². The van der Waals surface area contributed by atoms with Crippen LogP contribution in [0.15, 0.2) is 47.5 Å². The van der Waals surface area contributed by atoms with Gasteiger partial charge in [0, 0.05) is 19.2 Å². The molecule has 0 aliphatic carbocycles. The number of methoxy groups -OCH3 is 2. The van der Waals surface area contributed by atoms with Gasteiger partial charge in [-0.25, -0.2) is 4.98 Å². The fraction of sp³-hybridized carbons (Fsp3) is 0.200. The standard InChI is InChI=1S/C20H19N3O4S2/c1-26-14-7-6-13(11-15(14)27-2)12-16-19(25)23(20(28)29-16)10-8-18(24)22-17-5-3-4-9-21-17/h3-7,9,11-12H,8,10H2,1-2H3,(H,21,22,24). The van der Waals surface area contributed by atoms with E-state index in [9.17, 15) is 9.59 Å². The molecule has 0 saturated carbocycles. The van der Waals surface area contributed by atoms with Crippen LogP contribution in [0.1, 0.15) is 12.0 Å². The summed E-state index contributed by atoms with van der Waals surface area (Å²) in [6.45, 7) is 0.201. The molecule has 7 nitrogen and oxygen atoms in total. The third-order valence-electron chi connectivity index (χ3n) is 4.07. The largest absolute Gasteiger partial charge is 0.493 e. The van der Waals surface area contributed by atoms with E-state index in [2.05, 4.69) is 10.3 Å². The first-order valence-corrected chi connectivity index (χ1v) is 9.92. The van der Waals surface area contributed by atoms with E-state index in [1.807, 2.05) is 6.07 Å². The summed E-state index contributed by atoms with van der Waals surface area (Å²) in [4.78, 5) is 30.8. The van der Waals surface area contributed by atoms with Gasteiger partial charge < -0.3 is 14.8 Å². The number of carbonyl (C=O) groups excluding carboxylic acids is 2. The number of anilines is 1. The number of aromatic nitrogens is 1. The first-order chi connectivity index (χ1) is 14.0. The van der Waals surface area contributed by atoms with Crippen LogP contribution in [0.3, 0.4) is 0 Å². The van der Waals surface area contributed by atoms with E-state index in [4.69, 9.17) is 21.7 Å². The molecule has 1 aromatic carbocycles. The summed E-state index contributed by atoms with van der Waals surface area (Å²) in [7, 11) is 3.11. The Balaban J connectivity index is 1.65. The Morgan fingerprint density at radius 3 is 2.72 bits per heavy atom. The van der Waals surface area contributed by atoms with E-state index in [-0.39, 0.29) is 24.8 Å². The Kier molecular flexibility index (Phi) is 6.84. The smallest absolute Gasteiger partial charge is 0.266 e. The summed E-state index contributed by atoms with van der Waals surface area (Å²) in [6, 6.07) is 10.6. The molecule has 0 bridgehead atoms. The SMILES string of the molecule is COc1ccc(C=C2SC(=S)N(CCC(=O)Nc3ccccn3)C2=O)cc1OC. The summed E-state index contributed by atoms with van der Waals surface area (Å²) in [5.74, 6) is 1.19. The number of pyridine rings is 1. The van der Waals surface area contributed by atoms with Gasteiger partial charge in [0.1, 0.15) is 10.1 Å². The molecule has 1 fully saturated rings. The average Bonchev–Trinajstić information content (AvgIpc) is 2.99. The molecule has 0 radical (unpaired) electrons. The third-order valence-corrected chi connectivity index (χ3v) is 5.45. The van der Waals surface area contributed by atoms with Gasteiger partial charge >= 0.3 is 0 Å². The van der Waals surface area contributed by atoms with Crippen molar-refractivity contribution in [1.82, 2.24) is 9.88 Å². The molecule has 1 aromatic heterocycles. The van der Waals surface area contributed by atoms with Gasteiger partial charge in [-0.3, -0.25) is 14.5 Å². The number of hydrogen-bond acceptors (Lipinski definition) is 7. The minimum Gasteiger partial charge on any atom is -0.493 e. The average molecular weight is 430 g/mol. The lowest BCUT2D eigenvalue weighted by atomic mass is 10.2. The van der Waals surface area contributed by atoms with Crippen molar-refractivity contribution < 1.29 is 19.1 Å². The van der Waals surface area contributed by atoms with Crippen LogP contribution in [0.25, 0.3) is 6.08 Å². The van der Waals surface area contributed by atoms with Crippen LogP contribution in [-0.2, 0) is 9.59 Å². The Hall–Kier alpha value is -2.91. The molecule has 1 saturated heterocycles. The monoisotopic (exact) mass is 429 g/mol. The van der Waals surface area contributed by atoms with E-state index in [1.54, 1.807) is 56.8 Å². The fourth-order valence-electron chi connectivity index (χ4n) is 2.64. The van der Waals surface area contributed by atoms with Gasteiger partial charge in [-0.05, 0) is 35.9 Å². The van der Waals surface area contributed by atoms with E-state index in [1.165, 1.54) is 16.7 Å². The van der Waals surface area contributed by atoms with E-state index >= 15 is 0 Å². The highest BCUT2D eigenvalue weighted by Gasteiger charge is 2.32. The lowest BCUT2D eigenvalue weighted by Gasteiger charge is -2.14. The molecule has 1 aliphatic rings. The molecule has 0 atom stereocenters. The van der Waals surface area contributed by atoms with E-state index < -0.39 is 0 Å². The molecular weight excluding hydrogens is 410 g/mol. The molecule has 150 valence electrons. The maximum Gasteiger partial charge on any atom is 0.266 e. The summed E-state index contributed by atoms with van der Waals surface area (Å²) < 4.78 is 10.9. The molecular formula is C20H19N3O4S2. The zero-order valence-corrected chi connectivity index (χ0v) is 17.5. The van der Waals surface area contributed by atoms with Crippen molar-refractivity contribution in [3.8, 4) is 11.5 Å². The number of hydrogen-bond donors (Lipinski definition) is 1. The minimum absolute atomic E-state index is 0.118. The molecule has 2 aromatic rings.